The maximum atomic E-state index is 2.46. The molecule has 0 bridgehead atoms. The van der Waals surface area contributed by atoms with Gasteiger partial charge in [-0.25, -0.2) is 4.57 Å². The van der Waals surface area contributed by atoms with Gasteiger partial charge in [0.1, 0.15) is 7.05 Å². The van der Waals surface area contributed by atoms with E-state index in [2.05, 4.69) is 100 Å². The van der Waals surface area contributed by atoms with Gasteiger partial charge in [0.05, 0.1) is 5.56 Å². The van der Waals surface area contributed by atoms with Crippen LogP contribution in [0.3, 0.4) is 0 Å². The van der Waals surface area contributed by atoms with Crippen LogP contribution in [0.2, 0.25) is 0 Å². The second-order valence-electron chi connectivity index (χ2n) is 9.94. The summed E-state index contributed by atoms with van der Waals surface area (Å²) in [5.74, 6) is 0.513. The molecule has 6 rings (SSSR count). The zero-order chi connectivity index (χ0) is 22.1. The second kappa shape index (κ2) is 6.90. The highest BCUT2D eigenvalue weighted by molar-refractivity contribution is 6.00. The van der Waals surface area contributed by atoms with Crippen molar-refractivity contribution >= 4 is 0 Å². The van der Waals surface area contributed by atoms with Gasteiger partial charge in [0.15, 0.2) is 6.20 Å². The fourth-order valence-electron chi connectivity index (χ4n) is 6.22. The molecule has 0 N–H and O–H groups in total. The Labute approximate surface area is 191 Å². The molecule has 0 saturated heterocycles. The Morgan fingerprint density at radius 2 is 1.31 bits per heavy atom. The Balaban J connectivity index is 1.73. The number of nitrogens with zero attached hydrogens (tertiary/aromatic N) is 1. The molecule has 4 aromatic rings. The van der Waals surface area contributed by atoms with Crippen molar-refractivity contribution in [2.24, 2.45) is 7.05 Å². The minimum Gasteiger partial charge on any atom is -0.201 e. The standard InChI is InChI=1S/C31H30N/c1-18(2)25-16-28(32(5)17-19(25)3)29-20(4)26-14-21-10-6-8-12-23(21)30(26)31-24-13-9-7-11-22(24)15-27(29)31/h6-13,16-18H,14-15H2,1-5H3/q+1. The lowest BCUT2D eigenvalue weighted by Crippen LogP contribution is -2.32. The predicted octanol–water partition coefficient (Wildman–Crippen LogP) is 7.06. The molecule has 158 valence electrons. The topological polar surface area (TPSA) is 3.88 Å². The SMILES string of the molecule is Cc1c[n+](C)c(-c2c(C)c3c(c4c2Cc2ccccc2-4)-c2ccccc2C3)cc1C(C)C. The van der Waals surface area contributed by atoms with Crippen molar-refractivity contribution in [2.75, 3.05) is 0 Å². The number of rotatable bonds is 2. The third-order valence-corrected chi connectivity index (χ3v) is 7.68. The molecule has 0 radical (unpaired) electrons. The van der Waals surface area contributed by atoms with Gasteiger partial charge in [0, 0.05) is 11.6 Å². The number of benzene rings is 3. The maximum absolute atomic E-state index is 2.46. The van der Waals surface area contributed by atoms with E-state index in [1.54, 1.807) is 0 Å². The summed E-state index contributed by atoms with van der Waals surface area (Å²) in [5.41, 5.74) is 18.8. The van der Waals surface area contributed by atoms with E-state index in [0.29, 0.717) is 5.92 Å². The van der Waals surface area contributed by atoms with Crippen molar-refractivity contribution in [1.29, 1.82) is 0 Å². The van der Waals surface area contributed by atoms with E-state index in [1.807, 2.05) is 0 Å². The first-order chi connectivity index (χ1) is 15.5. The summed E-state index contributed by atoms with van der Waals surface area (Å²) in [7, 11) is 2.21. The first-order valence-electron chi connectivity index (χ1n) is 11.8. The third-order valence-electron chi connectivity index (χ3n) is 7.68. The number of aryl methyl sites for hydroxylation is 2. The zero-order valence-electron chi connectivity index (χ0n) is 19.7. The maximum Gasteiger partial charge on any atom is 0.213 e. The van der Waals surface area contributed by atoms with Crippen LogP contribution in [-0.2, 0) is 19.9 Å². The highest BCUT2D eigenvalue weighted by atomic mass is 14.9. The summed E-state index contributed by atoms with van der Waals surface area (Å²) in [5, 5.41) is 0. The Bertz CT molecular complexity index is 1420. The van der Waals surface area contributed by atoms with Crippen molar-refractivity contribution in [3.8, 4) is 33.5 Å². The Kier molecular flexibility index (Phi) is 4.21. The molecule has 0 spiro atoms. The summed E-state index contributed by atoms with van der Waals surface area (Å²) >= 11 is 0. The molecule has 32 heavy (non-hydrogen) atoms. The monoisotopic (exact) mass is 416 g/mol. The summed E-state index contributed by atoms with van der Waals surface area (Å²) < 4.78 is 2.35. The molecule has 0 unspecified atom stereocenters. The van der Waals surface area contributed by atoms with Gasteiger partial charge in [-0.15, -0.1) is 0 Å². The van der Waals surface area contributed by atoms with Crippen molar-refractivity contribution in [1.82, 2.24) is 0 Å². The molecule has 0 fully saturated rings. The van der Waals surface area contributed by atoms with Crippen LogP contribution < -0.4 is 4.57 Å². The van der Waals surface area contributed by atoms with Gasteiger partial charge in [-0.1, -0.05) is 62.4 Å². The summed E-state index contributed by atoms with van der Waals surface area (Å²) in [6.07, 6.45) is 4.37. The van der Waals surface area contributed by atoms with E-state index in [0.717, 1.165) is 12.8 Å². The Morgan fingerprint density at radius 3 is 1.94 bits per heavy atom. The number of hydrogen-bond donors (Lipinski definition) is 0. The Morgan fingerprint density at radius 1 is 0.750 bits per heavy atom. The van der Waals surface area contributed by atoms with Crippen molar-refractivity contribution in [3.63, 3.8) is 0 Å². The van der Waals surface area contributed by atoms with E-state index in [1.165, 1.54) is 72.5 Å². The largest absolute Gasteiger partial charge is 0.213 e. The first kappa shape index (κ1) is 19.5. The number of pyridine rings is 1. The summed E-state index contributed by atoms with van der Waals surface area (Å²) in [4.78, 5) is 0. The predicted molar refractivity (Wildman–Crippen MR) is 133 cm³/mol. The van der Waals surface area contributed by atoms with Gasteiger partial charge >= 0.3 is 0 Å². The fourth-order valence-corrected chi connectivity index (χ4v) is 6.22. The van der Waals surface area contributed by atoms with Crippen LogP contribution in [0, 0.1) is 13.8 Å². The van der Waals surface area contributed by atoms with Crippen molar-refractivity contribution < 1.29 is 4.57 Å². The lowest BCUT2D eigenvalue weighted by Gasteiger charge is -2.19. The van der Waals surface area contributed by atoms with Crippen molar-refractivity contribution in [2.45, 2.75) is 46.5 Å². The van der Waals surface area contributed by atoms with Gasteiger partial charge in [0.2, 0.25) is 5.69 Å². The van der Waals surface area contributed by atoms with Crippen LogP contribution in [-0.4, -0.2) is 0 Å². The van der Waals surface area contributed by atoms with E-state index in [4.69, 9.17) is 0 Å². The lowest BCUT2D eigenvalue weighted by atomic mass is 9.84. The average molecular weight is 417 g/mol. The number of fused-ring (bicyclic) bond motifs is 7. The molecule has 2 aliphatic rings. The van der Waals surface area contributed by atoms with Crippen LogP contribution in [0.15, 0.2) is 60.8 Å². The number of aromatic nitrogens is 1. The highest BCUT2D eigenvalue weighted by Crippen LogP contribution is 2.53. The molecule has 2 aliphatic carbocycles. The molecule has 0 aliphatic heterocycles. The normalized spacial score (nSPS) is 13.2. The van der Waals surface area contributed by atoms with E-state index in [9.17, 15) is 0 Å². The molecular weight excluding hydrogens is 386 g/mol. The number of hydrogen-bond acceptors (Lipinski definition) is 0. The minimum absolute atomic E-state index is 0.513. The van der Waals surface area contributed by atoms with E-state index >= 15 is 0 Å². The first-order valence-corrected chi connectivity index (χ1v) is 11.8. The van der Waals surface area contributed by atoms with E-state index in [-0.39, 0.29) is 0 Å². The van der Waals surface area contributed by atoms with E-state index < -0.39 is 0 Å². The van der Waals surface area contributed by atoms with Gasteiger partial charge in [0.25, 0.3) is 0 Å². The van der Waals surface area contributed by atoms with Crippen LogP contribution in [0.1, 0.15) is 58.7 Å². The molecular formula is C31H30N+. The van der Waals surface area contributed by atoms with Gasteiger partial charge < -0.3 is 0 Å². The van der Waals surface area contributed by atoms with Gasteiger partial charge in [-0.3, -0.25) is 0 Å². The molecule has 3 aromatic carbocycles. The molecule has 0 amide bonds. The second-order valence-corrected chi connectivity index (χ2v) is 9.94. The molecule has 0 saturated carbocycles. The van der Waals surface area contributed by atoms with Crippen LogP contribution >= 0.6 is 0 Å². The van der Waals surface area contributed by atoms with Gasteiger partial charge in [-0.05, 0) is 88.2 Å². The van der Waals surface area contributed by atoms with Crippen LogP contribution in [0.4, 0.5) is 0 Å². The highest BCUT2D eigenvalue weighted by Gasteiger charge is 2.35. The van der Waals surface area contributed by atoms with Crippen molar-refractivity contribution in [3.05, 3.63) is 99.7 Å². The lowest BCUT2D eigenvalue weighted by molar-refractivity contribution is -0.660. The minimum atomic E-state index is 0.513. The Hall–Kier alpha value is -3.19. The average Bonchev–Trinajstić information content (AvgIpc) is 3.33. The zero-order valence-corrected chi connectivity index (χ0v) is 19.7. The molecule has 1 nitrogen and oxygen atoms in total. The van der Waals surface area contributed by atoms with Gasteiger partial charge in [-0.2, -0.15) is 0 Å². The summed E-state index contributed by atoms with van der Waals surface area (Å²) in [6.45, 7) is 9.21. The summed E-state index contributed by atoms with van der Waals surface area (Å²) in [6, 6.07) is 20.5. The molecule has 1 heterocycles. The fraction of sp³-hybridized carbons (Fsp3) is 0.258. The molecule has 1 aromatic heterocycles. The molecule has 0 atom stereocenters. The smallest absolute Gasteiger partial charge is 0.201 e. The quantitative estimate of drug-likeness (QED) is 0.266. The molecule has 1 heteroatoms. The van der Waals surface area contributed by atoms with Crippen LogP contribution in [0.5, 0.6) is 0 Å². The van der Waals surface area contributed by atoms with Crippen LogP contribution in [0.25, 0.3) is 33.5 Å². The third kappa shape index (κ3) is 2.60.